The van der Waals surface area contributed by atoms with E-state index in [1.165, 1.54) is 57.8 Å². The zero-order valence-corrected chi connectivity index (χ0v) is 15.8. The predicted octanol–water partition coefficient (Wildman–Crippen LogP) is 5.33. The van der Waals surface area contributed by atoms with E-state index in [1.807, 2.05) is 0 Å². The molecule has 0 aromatic rings. The van der Waals surface area contributed by atoms with E-state index < -0.39 is 0 Å². The van der Waals surface area contributed by atoms with Crippen molar-refractivity contribution >= 4 is 0 Å². The number of hydrogen-bond acceptors (Lipinski definition) is 3. The normalized spacial score (nSPS) is 28.9. The van der Waals surface area contributed by atoms with Crippen molar-refractivity contribution in [1.82, 2.24) is 0 Å². The van der Waals surface area contributed by atoms with E-state index in [2.05, 4.69) is 6.92 Å². The summed E-state index contributed by atoms with van der Waals surface area (Å²) in [6.07, 6.45) is 15.8. The second-order valence-corrected chi connectivity index (χ2v) is 8.20. The number of unbranched alkanes of at least 4 members (excludes halogenated alkanes) is 6. The SMILES string of the molecule is C.CCCCC[C@H](O)CCC1[C@@H](CCCCCCCO)[C@H]2CO[C@@H]1C2. The molecular formula is C22H44O3. The molecule has 0 aromatic carbocycles. The second kappa shape index (κ2) is 13.1. The number of aliphatic hydroxyl groups is 2. The van der Waals surface area contributed by atoms with E-state index >= 15 is 0 Å². The van der Waals surface area contributed by atoms with Crippen molar-refractivity contribution in [3.63, 3.8) is 0 Å². The maximum absolute atomic E-state index is 10.2. The number of ether oxygens (including phenoxy) is 1. The van der Waals surface area contributed by atoms with Gasteiger partial charge in [-0.3, -0.25) is 0 Å². The predicted molar refractivity (Wildman–Crippen MR) is 106 cm³/mol. The Hall–Kier alpha value is -0.120. The number of fused-ring (bicyclic) bond motifs is 2. The van der Waals surface area contributed by atoms with Gasteiger partial charge in [-0.1, -0.05) is 59.3 Å². The monoisotopic (exact) mass is 356 g/mol. The van der Waals surface area contributed by atoms with Crippen LogP contribution >= 0.6 is 0 Å². The molecule has 1 unspecified atom stereocenters. The van der Waals surface area contributed by atoms with Gasteiger partial charge < -0.3 is 14.9 Å². The van der Waals surface area contributed by atoms with E-state index in [0.29, 0.717) is 18.6 Å². The average molecular weight is 357 g/mol. The first-order valence-electron chi connectivity index (χ1n) is 10.7. The summed E-state index contributed by atoms with van der Waals surface area (Å²) in [5.41, 5.74) is 0. The number of rotatable bonds is 14. The van der Waals surface area contributed by atoms with Crippen molar-refractivity contribution in [2.45, 2.75) is 110 Å². The molecule has 2 N–H and O–H groups in total. The zero-order valence-electron chi connectivity index (χ0n) is 15.8. The molecule has 0 spiro atoms. The van der Waals surface area contributed by atoms with Crippen molar-refractivity contribution in [3.8, 4) is 0 Å². The van der Waals surface area contributed by atoms with Gasteiger partial charge in [0.15, 0.2) is 0 Å². The third-order valence-corrected chi connectivity index (χ3v) is 6.36. The summed E-state index contributed by atoms with van der Waals surface area (Å²) in [5, 5.41) is 19.1. The van der Waals surface area contributed by atoms with Gasteiger partial charge in [0.05, 0.1) is 18.8 Å². The van der Waals surface area contributed by atoms with E-state index in [-0.39, 0.29) is 13.5 Å². The molecule has 25 heavy (non-hydrogen) atoms. The van der Waals surface area contributed by atoms with Crippen LogP contribution in [0.15, 0.2) is 0 Å². The Morgan fingerprint density at radius 2 is 1.68 bits per heavy atom. The minimum Gasteiger partial charge on any atom is -0.396 e. The summed E-state index contributed by atoms with van der Waals surface area (Å²) in [4.78, 5) is 0. The second-order valence-electron chi connectivity index (χ2n) is 8.20. The van der Waals surface area contributed by atoms with Crippen LogP contribution in [0.25, 0.3) is 0 Å². The van der Waals surface area contributed by atoms with Gasteiger partial charge in [-0.15, -0.1) is 0 Å². The Morgan fingerprint density at radius 1 is 0.920 bits per heavy atom. The molecule has 0 amide bonds. The quantitative estimate of drug-likeness (QED) is 0.414. The molecule has 2 rings (SSSR count). The Bertz CT molecular complexity index is 320. The maximum Gasteiger partial charge on any atom is 0.0609 e. The highest BCUT2D eigenvalue weighted by atomic mass is 16.5. The lowest BCUT2D eigenvalue weighted by molar-refractivity contribution is -0.00980. The van der Waals surface area contributed by atoms with Gasteiger partial charge in [0.25, 0.3) is 0 Å². The van der Waals surface area contributed by atoms with E-state index in [0.717, 1.165) is 44.1 Å². The lowest BCUT2D eigenvalue weighted by Crippen LogP contribution is -2.30. The van der Waals surface area contributed by atoms with Gasteiger partial charge in [0, 0.05) is 6.61 Å². The first kappa shape index (κ1) is 22.9. The van der Waals surface area contributed by atoms with Gasteiger partial charge in [-0.2, -0.15) is 0 Å². The van der Waals surface area contributed by atoms with Crippen molar-refractivity contribution in [3.05, 3.63) is 0 Å². The van der Waals surface area contributed by atoms with Crippen molar-refractivity contribution in [1.29, 1.82) is 0 Å². The molecule has 1 saturated carbocycles. The first-order valence-corrected chi connectivity index (χ1v) is 10.7. The Balaban J connectivity index is 0.00000312. The number of hydrogen-bond donors (Lipinski definition) is 2. The molecule has 5 atom stereocenters. The van der Waals surface area contributed by atoms with Gasteiger partial charge in [-0.25, -0.2) is 0 Å². The highest BCUT2D eigenvalue weighted by molar-refractivity contribution is 4.96. The maximum atomic E-state index is 10.2. The number of aliphatic hydroxyl groups excluding tert-OH is 2. The molecule has 150 valence electrons. The molecule has 1 saturated heterocycles. The fourth-order valence-corrected chi connectivity index (χ4v) is 4.93. The van der Waals surface area contributed by atoms with Gasteiger partial charge in [0.1, 0.15) is 0 Å². The molecule has 3 heteroatoms. The molecule has 0 aromatic heterocycles. The minimum atomic E-state index is -0.102. The highest BCUT2D eigenvalue weighted by Gasteiger charge is 2.47. The summed E-state index contributed by atoms with van der Waals surface area (Å²) in [5.74, 6) is 2.32. The first-order chi connectivity index (χ1) is 11.8. The van der Waals surface area contributed by atoms with Crippen LogP contribution in [0.3, 0.4) is 0 Å². The van der Waals surface area contributed by atoms with Crippen LogP contribution in [-0.2, 0) is 4.74 Å². The third-order valence-electron chi connectivity index (χ3n) is 6.36. The van der Waals surface area contributed by atoms with Crippen LogP contribution in [0.4, 0.5) is 0 Å². The molecule has 1 heterocycles. The van der Waals surface area contributed by atoms with Crippen molar-refractivity contribution in [2.24, 2.45) is 17.8 Å². The molecule has 3 nitrogen and oxygen atoms in total. The summed E-state index contributed by atoms with van der Waals surface area (Å²) in [7, 11) is 0. The molecule has 1 aliphatic heterocycles. The molecule has 2 bridgehead atoms. The van der Waals surface area contributed by atoms with Crippen LogP contribution < -0.4 is 0 Å². The fraction of sp³-hybridized carbons (Fsp3) is 1.00. The molecule has 2 fully saturated rings. The third kappa shape index (κ3) is 7.56. The fourth-order valence-electron chi connectivity index (χ4n) is 4.93. The van der Waals surface area contributed by atoms with Gasteiger partial charge in [0.2, 0.25) is 0 Å². The smallest absolute Gasteiger partial charge is 0.0609 e. The van der Waals surface area contributed by atoms with E-state index in [4.69, 9.17) is 9.84 Å². The minimum absolute atomic E-state index is 0. The Kier molecular flexibility index (Phi) is 12.0. The molecule has 2 aliphatic rings. The lowest BCUT2D eigenvalue weighted by Gasteiger charge is -2.32. The van der Waals surface area contributed by atoms with Gasteiger partial charge >= 0.3 is 0 Å². The Morgan fingerprint density at radius 3 is 2.44 bits per heavy atom. The lowest BCUT2D eigenvalue weighted by atomic mass is 9.80. The summed E-state index contributed by atoms with van der Waals surface area (Å²) >= 11 is 0. The van der Waals surface area contributed by atoms with Crippen molar-refractivity contribution in [2.75, 3.05) is 13.2 Å². The van der Waals surface area contributed by atoms with Crippen LogP contribution in [0.1, 0.15) is 97.8 Å². The largest absolute Gasteiger partial charge is 0.396 e. The van der Waals surface area contributed by atoms with Crippen LogP contribution in [0.5, 0.6) is 0 Å². The van der Waals surface area contributed by atoms with Crippen LogP contribution in [0.2, 0.25) is 0 Å². The van der Waals surface area contributed by atoms with Gasteiger partial charge in [-0.05, 0) is 56.3 Å². The van der Waals surface area contributed by atoms with Crippen LogP contribution in [0, 0.1) is 17.8 Å². The molecule has 0 radical (unpaired) electrons. The molecule has 1 aliphatic carbocycles. The Labute approximate surface area is 156 Å². The topological polar surface area (TPSA) is 49.7 Å². The van der Waals surface area contributed by atoms with Crippen molar-refractivity contribution < 1.29 is 14.9 Å². The summed E-state index contributed by atoms with van der Waals surface area (Å²) in [6, 6.07) is 0. The van der Waals surface area contributed by atoms with Crippen LogP contribution in [-0.4, -0.2) is 35.6 Å². The standard InChI is InChI=1S/C21H40O3.CH4/c1-2-3-7-10-18(23)12-13-20-19(17-15-21(20)24-16-17)11-8-5-4-6-9-14-22;/h17-23H,2-16H2,1H3;1H4/t17-,18+,19+,20?,21-;/m1./s1. The van der Waals surface area contributed by atoms with E-state index in [9.17, 15) is 5.11 Å². The zero-order chi connectivity index (χ0) is 17.2. The molecular weight excluding hydrogens is 312 g/mol. The highest BCUT2D eigenvalue weighted by Crippen LogP contribution is 2.49. The van der Waals surface area contributed by atoms with E-state index in [1.54, 1.807) is 0 Å². The average Bonchev–Trinajstić information content (AvgIpc) is 3.18. The summed E-state index contributed by atoms with van der Waals surface area (Å²) < 4.78 is 5.98. The summed E-state index contributed by atoms with van der Waals surface area (Å²) in [6.45, 7) is 3.54.